The lowest BCUT2D eigenvalue weighted by atomic mass is 9.96. The summed E-state index contributed by atoms with van der Waals surface area (Å²) < 4.78 is 6.13. The van der Waals surface area contributed by atoms with Crippen LogP contribution >= 0.6 is 0 Å². The minimum absolute atomic E-state index is 0.0324. The number of nitrogens with one attached hydrogen (secondary N) is 1. The van der Waals surface area contributed by atoms with Crippen molar-refractivity contribution >= 4 is 11.8 Å². The van der Waals surface area contributed by atoms with Crippen molar-refractivity contribution < 1.29 is 19.4 Å². The van der Waals surface area contributed by atoms with Gasteiger partial charge in [-0.25, -0.2) is 0 Å². The fourth-order valence-electron chi connectivity index (χ4n) is 4.06. The molecule has 2 heterocycles. The molecule has 0 aromatic heterocycles. The number of aliphatic hydroxyl groups is 1. The van der Waals surface area contributed by atoms with E-state index in [1.807, 2.05) is 35.2 Å². The van der Waals surface area contributed by atoms with E-state index >= 15 is 0 Å². The van der Waals surface area contributed by atoms with Gasteiger partial charge < -0.3 is 25.0 Å². The first-order chi connectivity index (χ1) is 13.5. The van der Waals surface area contributed by atoms with Gasteiger partial charge in [0.2, 0.25) is 11.8 Å². The van der Waals surface area contributed by atoms with Gasteiger partial charge in [0.05, 0.1) is 24.9 Å². The van der Waals surface area contributed by atoms with Gasteiger partial charge in [-0.2, -0.15) is 0 Å². The summed E-state index contributed by atoms with van der Waals surface area (Å²) in [5.41, 5.74) is 1.07. The first-order valence-electron chi connectivity index (χ1n) is 10.2. The van der Waals surface area contributed by atoms with E-state index < -0.39 is 0 Å². The van der Waals surface area contributed by atoms with Crippen molar-refractivity contribution in [1.82, 2.24) is 15.1 Å². The summed E-state index contributed by atoms with van der Waals surface area (Å²) in [4.78, 5) is 28.2. The maximum Gasteiger partial charge on any atom is 0.225 e. The van der Waals surface area contributed by atoms with Crippen LogP contribution < -0.4 is 5.32 Å². The van der Waals surface area contributed by atoms with Gasteiger partial charge in [0.15, 0.2) is 0 Å². The average molecular weight is 389 g/mol. The number of carbonyl (C=O) groups excluding carboxylic acids is 2. The maximum atomic E-state index is 12.9. The molecular formula is C21H31N3O4. The Morgan fingerprint density at radius 2 is 1.89 bits per heavy atom. The second-order valence-corrected chi connectivity index (χ2v) is 7.62. The van der Waals surface area contributed by atoms with Gasteiger partial charge in [-0.3, -0.25) is 9.59 Å². The topological polar surface area (TPSA) is 82.1 Å². The van der Waals surface area contributed by atoms with Crippen LogP contribution in [0.4, 0.5) is 0 Å². The third kappa shape index (κ3) is 5.53. The standard InChI is InChI=1S/C21H31N3O4/c1-16(25)22-10-7-20(27)24-13-14-28-19(15-23-11-8-18(26)9-12-23)21(24)17-5-3-2-4-6-17/h2-6,18-19,21,26H,7-15H2,1H3,(H,22,25)/t19-,21-/m0/s1. The van der Waals surface area contributed by atoms with Gasteiger partial charge in [-0.1, -0.05) is 30.3 Å². The molecule has 2 saturated heterocycles. The molecule has 2 atom stereocenters. The number of nitrogens with zero attached hydrogens (tertiary/aromatic N) is 2. The minimum Gasteiger partial charge on any atom is -0.393 e. The summed E-state index contributed by atoms with van der Waals surface area (Å²) in [5, 5.41) is 12.5. The monoisotopic (exact) mass is 389 g/mol. The lowest BCUT2D eigenvalue weighted by molar-refractivity contribution is -0.148. The van der Waals surface area contributed by atoms with Gasteiger partial charge in [-0.05, 0) is 18.4 Å². The van der Waals surface area contributed by atoms with Gasteiger partial charge >= 0.3 is 0 Å². The van der Waals surface area contributed by atoms with Crippen molar-refractivity contribution in [3.63, 3.8) is 0 Å². The number of likely N-dealkylation sites (tertiary alicyclic amines) is 1. The first-order valence-corrected chi connectivity index (χ1v) is 10.2. The van der Waals surface area contributed by atoms with Crippen molar-refractivity contribution in [1.29, 1.82) is 0 Å². The van der Waals surface area contributed by atoms with Crippen molar-refractivity contribution in [2.75, 3.05) is 39.3 Å². The zero-order valence-corrected chi connectivity index (χ0v) is 16.5. The van der Waals surface area contributed by atoms with Crippen molar-refractivity contribution in [3.05, 3.63) is 35.9 Å². The molecule has 3 rings (SSSR count). The quantitative estimate of drug-likeness (QED) is 0.757. The molecule has 1 aromatic carbocycles. The van der Waals surface area contributed by atoms with Crippen LogP contribution in [0, 0.1) is 0 Å². The van der Waals surface area contributed by atoms with Crippen LogP contribution in [0.15, 0.2) is 30.3 Å². The molecule has 0 unspecified atom stereocenters. The molecule has 2 amide bonds. The molecule has 7 heteroatoms. The highest BCUT2D eigenvalue weighted by molar-refractivity contribution is 5.78. The van der Waals surface area contributed by atoms with E-state index in [1.54, 1.807) is 0 Å². The van der Waals surface area contributed by atoms with Crippen molar-refractivity contribution in [3.8, 4) is 0 Å². The predicted molar refractivity (Wildman–Crippen MR) is 106 cm³/mol. The molecular weight excluding hydrogens is 358 g/mol. The summed E-state index contributed by atoms with van der Waals surface area (Å²) in [7, 11) is 0. The summed E-state index contributed by atoms with van der Waals surface area (Å²) in [5.74, 6) is -0.0930. The lowest BCUT2D eigenvalue weighted by Gasteiger charge is -2.44. The van der Waals surface area contributed by atoms with Gasteiger partial charge in [0.25, 0.3) is 0 Å². The molecule has 1 aromatic rings. The largest absolute Gasteiger partial charge is 0.393 e. The summed E-state index contributed by atoms with van der Waals surface area (Å²) in [6.45, 7) is 5.29. The van der Waals surface area contributed by atoms with Crippen LogP contribution in [0.5, 0.6) is 0 Å². The summed E-state index contributed by atoms with van der Waals surface area (Å²) in [6, 6.07) is 9.88. The van der Waals surface area contributed by atoms with Crippen LogP contribution in [0.2, 0.25) is 0 Å². The van der Waals surface area contributed by atoms with Gasteiger partial charge in [-0.15, -0.1) is 0 Å². The molecule has 2 fully saturated rings. The summed E-state index contributed by atoms with van der Waals surface area (Å²) in [6.07, 6.45) is 1.52. The van der Waals surface area contributed by atoms with Crippen molar-refractivity contribution in [2.24, 2.45) is 0 Å². The Kier molecular flexibility index (Phi) is 7.42. The third-order valence-corrected chi connectivity index (χ3v) is 5.52. The highest BCUT2D eigenvalue weighted by atomic mass is 16.5. The lowest BCUT2D eigenvalue weighted by Crippen LogP contribution is -2.53. The Hall–Kier alpha value is -1.96. The SMILES string of the molecule is CC(=O)NCCC(=O)N1CCO[C@@H](CN2CCC(O)CC2)[C@@H]1c1ccccc1. The summed E-state index contributed by atoms with van der Waals surface area (Å²) >= 11 is 0. The van der Waals surface area contributed by atoms with Crippen molar-refractivity contribution in [2.45, 2.75) is 44.4 Å². The molecule has 0 aliphatic carbocycles. The number of aliphatic hydroxyl groups excluding tert-OH is 1. The van der Waals surface area contributed by atoms with E-state index in [2.05, 4.69) is 10.2 Å². The van der Waals surface area contributed by atoms with E-state index in [0.29, 0.717) is 19.7 Å². The van der Waals surface area contributed by atoms with Crippen LogP contribution in [0.1, 0.15) is 37.8 Å². The van der Waals surface area contributed by atoms with E-state index in [4.69, 9.17) is 4.74 Å². The number of piperidine rings is 1. The third-order valence-electron chi connectivity index (χ3n) is 5.52. The van der Waals surface area contributed by atoms with Gasteiger partial charge in [0.1, 0.15) is 0 Å². The molecule has 0 bridgehead atoms. The molecule has 0 radical (unpaired) electrons. The van der Waals surface area contributed by atoms with E-state index in [9.17, 15) is 14.7 Å². The zero-order chi connectivity index (χ0) is 19.9. The van der Waals surface area contributed by atoms with Crippen LogP contribution in [0.25, 0.3) is 0 Å². The molecule has 7 nitrogen and oxygen atoms in total. The Morgan fingerprint density at radius 3 is 2.57 bits per heavy atom. The Morgan fingerprint density at radius 1 is 1.18 bits per heavy atom. The van der Waals surface area contributed by atoms with E-state index in [0.717, 1.165) is 38.0 Å². The Bertz CT molecular complexity index is 646. The molecule has 154 valence electrons. The fourth-order valence-corrected chi connectivity index (χ4v) is 4.06. The average Bonchev–Trinajstić information content (AvgIpc) is 2.70. The smallest absolute Gasteiger partial charge is 0.225 e. The molecule has 0 saturated carbocycles. The van der Waals surface area contributed by atoms with E-state index in [-0.39, 0.29) is 36.5 Å². The molecule has 0 spiro atoms. The number of hydrogen-bond acceptors (Lipinski definition) is 5. The molecule has 2 N–H and O–H groups in total. The fraction of sp³-hybridized carbons (Fsp3) is 0.619. The first kappa shape index (κ1) is 20.8. The number of hydrogen-bond donors (Lipinski definition) is 2. The molecule has 28 heavy (non-hydrogen) atoms. The Balaban J connectivity index is 1.72. The number of morpholine rings is 1. The highest BCUT2D eigenvalue weighted by Crippen LogP contribution is 2.31. The predicted octanol–water partition coefficient (Wildman–Crippen LogP) is 0.938. The number of carbonyl (C=O) groups is 2. The van der Waals surface area contributed by atoms with E-state index in [1.165, 1.54) is 6.92 Å². The normalized spacial score (nSPS) is 24.1. The number of benzene rings is 1. The second kappa shape index (κ2) is 10.0. The number of ether oxygens (including phenoxy) is 1. The molecule has 2 aliphatic rings. The number of amides is 2. The number of rotatable bonds is 6. The minimum atomic E-state index is -0.208. The van der Waals surface area contributed by atoms with Crippen LogP contribution in [-0.2, 0) is 14.3 Å². The zero-order valence-electron chi connectivity index (χ0n) is 16.5. The van der Waals surface area contributed by atoms with Crippen LogP contribution in [-0.4, -0.2) is 78.3 Å². The maximum absolute atomic E-state index is 12.9. The second-order valence-electron chi connectivity index (χ2n) is 7.62. The Labute approximate surface area is 166 Å². The van der Waals surface area contributed by atoms with Gasteiger partial charge in [0, 0.05) is 46.1 Å². The highest BCUT2D eigenvalue weighted by Gasteiger charge is 2.37. The molecule has 2 aliphatic heterocycles. The van der Waals surface area contributed by atoms with Crippen LogP contribution in [0.3, 0.4) is 0 Å².